The standard InChI is InChI=1S/C15H25N3O2/c1-12(13-8-5-6-9-17-13)16-10-7-11-18-14(19)20-15(2,3)4/h5-6,8-9,12,16H,7,10-11H2,1-4H3,(H,18,19)/t12-/m1/s1. The van der Waals surface area contributed by atoms with E-state index in [9.17, 15) is 4.79 Å². The van der Waals surface area contributed by atoms with E-state index >= 15 is 0 Å². The summed E-state index contributed by atoms with van der Waals surface area (Å²) in [4.78, 5) is 15.7. The lowest BCUT2D eigenvalue weighted by Crippen LogP contribution is -2.34. The Morgan fingerprint density at radius 2 is 2.10 bits per heavy atom. The number of carbonyl (C=O) groups excluding carboxylic acids is 1. The number of pyridine rings is 1. The van der Waals surface area contributed by atoms with E-state index < -0.39 is 5.60 Å². The average Bonchev–Trinajstić information content (AvgIpc) is 2.37. The maximum atomic E-state index is 11.4. The Balaban J connectivity index is 2.12. The molecular weight excluding hydrogens is 254 g/mol. The Bertz CT molecular complexity index is 401. The second-order valence-corrected chi connectivity index (χ2v) is 5.71. The van der Waals surface area contributed by atoms with E-state index in [4.69, 9.17) is 4.74 Å². The summed E-state index contributed by atoms with van der Waals surface area (Å²) in [5, 5.41) is 6.10. The second kappa shape index (κ2) is 7.85. The van der Waals surface area contributed by atoms with Crippen LogP contribution in [0, 0.1) is 0 Å². The number of aromatic nitrogens is 1. The van der Waals surface area contributed by atoms with Crippen molar-refractivity contribution in [1.82, 2.24) is 15.6 Å². The molecule has 5 heteroatoms. The summed E-state index contributed by atoms with van der Waals surface area (Å²) in [7, 11) is 0. The Morgan fingerprint density at radius 1 is 1.35 bits per heavy atom. The van der Waals surface area contributed by atoms with E-state index in [0.29, 0.717) is 6.54 Å². The number of nitrogens with zero attached hydrogens (tertiary/aromatic N) is 1. The molecule has 0 radical (unpaired) electrons. The van der Waals surface area contributed by atoms with Crippen molar-refractivity contribution in [2.75, 3.05) is 13.1 Å². The first-order chi connectivity index (χ1) is 9.38. The first-order valence-electron chi connectivity index (χ1n) is 6.99. The Hall–Kier alpha value is -1.62. The lowest BCUT2D eigenvalue weighted by Gasteiger charge is -2.19. The van der Waals surface area contributed by atoms with Crippen molar-refractivity contribution < 1.29 is 9.53 Å². The number of alkyl carbamates (subject to hydrolysis) is 1. The van der Waals surface area contributed by atoms with Crippen LogP contribution >= 0.6 is 0 Å². The molecule has 20 heavy (non-hydrogen) atoms. The maximum absolute atomic E-state index is 11.4. The summed E-state index contributed by atoms with van der Waals surface area (Å²) < 4.78 is 5.15. The van der Waals surface area contributed by atoms with Crippen molar-refractivity contribution in [3.63, 3.8) is 0 Å². The predicted molar refractivity (Wildman–Crippen MR) is 79.5 cm³/mol. The van der Waals surface area contributed by atoms with Crippen molar-refractivity contribution in [1.29, 1.82) is 0 Å². The van der Waals surface area contributed by atoms with Gasteiger partial charge in [-0.25, -0.2) is 4.79 Å². The third kappa shape index (κ3) is 7.09. The minimum atomic E-state index is -0.449. The second-order valence-electron chi connectivity index (χ2n) is 5.71. The SMILES string of the molecule is C[C@@H](NCCCNC(=O)OC(C)(C)C)c1ccccn1. The third-order valence-electron chi connectivity index (χ3n) is 2.60. The van der Waals surface area contributed by atoms with Crippen LogP contribution in [0.3, 0.4) is 0 Å². The van der Waals surface area contributed by atoms with E-state index in [2.05, 4.69) is 22.5 Å². The summed E-state index contributed by atoms with van der Waals surface area (Å²) in [6, 6.07) is 6.08. The summed E-state index contributed by atoms with van der Waals surface area (Å²) in [6.07, 6.45) is 2.27. The topological polar surface area (TPSA) is 63.2 Å². The van der Waals surface area contributed by atoms with Gasteiger partial charge in [0, 0.05) is 18.8 Å². The van der Waals surface area contributed by atoms with Gasteiger partial charge in [-0.1, -0.05) is 6.07 Å². The van der Waals surface area contributed by atoms with Gasteiger partial charge in [-0.2, -0.15) is 0 Å². The summed E-state index contributed by atoms with van der Waals surface area (Å²) in [5.41, 5.74) is 0.572. The van der Waals surface area contributed by atoms with Gasteiger partial charge in [0.25, 0.3) is 0 Å². The molecule has 1 rings (SSSR count). The van der Waals surface area contributed by atoms with Crippen LogP contribution in [0.25, 0.3) is 0 Å². The molecule has 0 bridgehead atoms. The minimum absolute atomic E-state index is 0.206. The van der Waals surface area contributed by atoms with Crippen LogP contribution in [0.5, 0.6) is 0 Å². The number of hydrogen-bond acceptors (Lipinski definition) is 4. The van der Waals surface area contributed by atoms with Crippen molar-refractivity contribution in [3.8, 4) is 0 Å². The van der Waals surface area contributed by atoms with Crippen molar-refractivity contribution in [2.45, 2.75) is 45.8 Å². The van der Waals surface area contributed by atoms with E-state index in [0.717, 1.165) is 18.7 Å². The van der Waals surface area contributed by atoms with Crippen LogP contribution in [0.15, 0.2) is 24.4 Å². The van der Waals surface area contributed by atoms with Gasteiger partial charge < -0.3 is 15.4 Å². The average molecular weight is 279 g/mol. The molecule has 1 aromatic heterocycles. The normalized spacial score (nSPS) is 12.8. The quantitative estimate of drug-likeness (QED) is 0.786. The number of amides is 1. The Morgan fingerprint density at radius 3 is 2.70 bits per heavy atom. The molecule has 0 spiro atoms. The molecule has 0 aliphatic carbocycles. The summed E-state index contributed by atoms with van der Waals surface area (Å²) >= 11 is 0. The lowest BCUT2D eigenvalue weighted by molar-refractivity contribution is 0.0527. The fourth-order valence-electron chi connectivity index (χ4n) is 1.65. The fourth-order valence-corrected chi connectivity index (χ4v) is 1.65. The highest BCUT2D eigenvalue weighted by atomic mass is 16.6. The van der Waals surface area contributed by atoms with Crippen LogP contribution in [0.2, 0.25) is 0 Å². The first kappa shape index (κ1) is 16.4. The molecule has 112 valence electrons. The van der Waals surface area contributed by atoms with Gasteiger partial charge in [-0.15, -0.1) is 0 Å². The molecule has 1 amide bonds. The molecule has 2 N–H and O–H groups in total. The maximum Gasteiger partial charge on any atom is 0.407 e. The Labute approximate surface area is 121 Å². The highest BCUT2D eigenvalue weighted by molar-refractivity contribution is 5.67. The van der Waals surface area contributed by atoms with Gasteiger partial charge in [0.05, 0.1) is 5.69 Å². The van der Waals surface area contributed by atoms with Gasteiger partial charge in [0.15, 0.2) is 0 Å². The van der Waals surface area contributed by atoms with Gasteiger partial charge >= 0.3 is 6.09 Å². The minimum Gasteiger partial charge on any atom is -0.444 e. The number of rotatable bonds is 6. The number of ether oxygens (including phenoxy) is 1. The Kier molecular flexibility index (Phi) is 6.45. The van der Waals surface area contributed by atoms with Crippen molar-refractivity contribution >= 4 is 6.09 Å². The molecule has 1 aromatic rings. The molecule has 0 aliphatic rings. The molecule has 5 nitrogen and oxygen atoms in total. The third-order valence-corrected chi connectivity index (χ3v) is 2.60. The first-order valence-corrected chi connectivity index (χ1v) is 6.99. The van der Waals surface area contributed by atoms with E-state index in [1.54, 1.807) is 6.20 Å². The summed E-state index contributed by atoms with van der Waals surface area (Å²) in [5.74, 6) is 0. The van der Waals surface area contributed by atoms with Crippen LogP contribution < -0.4 is 10.6 Å². The molecule has 0 fully saturated rings. The molecule has 0 saturated carbocycles. The molecule has 0 aliphatic heterocycles. The van der Waals surface area contributed by atoms with Gasteiger partial charge in [0.2, 0.25) is 0 Å². The number of hydrogen-bond donors (Lipinski definition) is 2. The highest BCUT2D eigenvalue weighted by Crippen LogP contribution is 2.07. The zero-order valence-electron chi connectivity index (χ0n) is 12.8. The molecule has 1 atom stereocenters. The van der Waals surface area contributed by atoms with Crippen LogP contribution in [0.1, 0.15) is 45.9 Å². The van der Waals surface area contributed by atoms with Gasteiger partial charge in [0.1, 0.15) is 5.60 Å². The van der Waals surface area contributed by atoms with Gasteiger partial charge in [-0.3, -0.25) is 4.98 Å². The van der Waals surface area contributed by atoms with Crippen molar-refractivity contribution in [2.24, 2.45) is 0 Å². The van der Waals surface area contributed by atoms with E-state index in [1.807, 2.05) is 39.0 Å². The van der Waals surface area contributed by atoms with Crippen LogP contribution in [-0.2, 0) is 4.74 Å². The monoisotopic (exact) mass is 279 g/mol. The van der Waals surface area contributed by atoms with E-state index in [-0.39, 0.29) is 12.1 Å². The smallest absolute Gasteiger partial charge is 0.407 e. The number of nitrogens with one attached hydrogen (secondary N) is 2. The zero-order valence-corrected chi connectivity index (χ0v) is 12.8. The molecular formula is C15H25N3O2. The van der Waals surface area contributed by atoms with Crippen LogP contribution in [0.4, 0.5) is 4.79 Å². The van der Waals surface area contributed by atoms with E-state index in [1.165, 1.54) is 0 Å². The van der Waals surface area contributed by atoms with Crippen molar-refractivity contribution in [3.05, 3.63) is 30.1 Å². The molecule has 0 aromatic carbocycles. The lowest BCUT2D eigenvalue weighted by atomic mass is 10.2. The van der Waals surface area contributed by atoms with Crippen LogP contribution in [-0.4, -0.2) is 29.8 Å². The number of carbonyl (C=O) groups is 1. The highest BCUT2D eigenvalue weighted by Gasteiger charge is 2.15. The predicted octanol–water partition coefficient (Wildman–Crippen LogP) is 2.65. The molecule has 0 saturated heterocycles. The largest absolute Gasteiger partial charge is 0.444 e. The fraction of sp³-hybridized carbons (Fsp3) is 0.600. The van der Waals surface area contributed by atoms with Gasteiger partial charge in [-0.05, 0) is 52.8 Å². The molecule has 0 unspecified atom stereocenters. The zero-order chi connectivity index (χ0) is 15.0. The molecule has 1 heterocycles. The summed E-state index contributed by atoms with van der Waals surface area (Å²) in [6.45, 7) is 9.03.